The van der Waals surface area contributed by atoms with Gasteiger partial charge in [0.15, 0.2) is 11.5 Å². The number of ketones is 1. The molecule has 2 fully saturated rings. The lowest BCUT2D eigenvalue weighted by molar-refractivity contribution is 0.0240. The van der Waals surface area contributed by atoms with Crippen LogP contribution in [0.3, 0.4) is 0 Å². The highest BCUT2D eigenvalue weighted by molar-refractivity contribution is 6.37. The van der Waals surface area contributed by atoms with Crippen molar-refractivity contribution in [1.82, 2.24) is 14.9 Å². The Morgan fingerprint density at radius 2 is 1.64 bits per heavy atom. The summed E-state index contributed by atoms with van der Waals surface area (Å²) in [6, 6.07) is 12.9. The van der Waals surface area contributed by atoms with E-state index in [9.17, 15) is 14.7 Å². The van der Waals surface area contributed by atoms with Crippen LogP contribution in [-0.2, 0) is 4.74 Å². The fourth-order valence-corrected chi connectivity index (χ4v) is 5.71. The molecule has 2 N–H and O–H groups in total. The van der Waals surface area contributed by atoms with Gasteiger partial charge in [-0.1, -0.05) is 29.3 Å². The Morgan fingerprint density at radius 1 is 0.932 bits per heavy atom. The van der Waals surface area contributed by atoms with Crippen molar-refractivity contribution in [2.24, 2.45) is 5.92 Å². The maximum absolute atomic E-state index is 13.4. The summed E-state index contributed by atoms with van der Waals surface area (Å²) in [5.74, 6) is 0.708. The number of carbonyl (C=O) groups excluding carboxylic acids is 2. The lowest BCUT2D eigenvalue weighted by Gasteiger charge is -2.36. The SMILES string of the molecule is CC(C)(C)OC(=O)N1CCN(c2ccc(Nc3c(C(=O)C4CC4)cnc4ccc(-c5cc(Cl)c(O)c(Cl)c5)cc34)cn2)CC1. The maximum atomic E-state index is 13.4. The largest absolute Gasteiger partial charge is 0.505 e. The fraction of sp³-hybridized carbons (Fsp3) is 0.333. The molecule has 1 saturated heterocycles. The summed E-state index contributed by atoms with van der Waals surface area (Å²) in [7, 11) is 0. The number of phenols is 1. The summed E-state index contributed by atoms with van der Waals surface area (Å²) in [6.07, 6.45) is 4.84. The van der Waals surface area contributed by atoms with Gasteiger partial charge in [-0.2, -0.15) is 0 Å². The number of hydrogen-bond donors (Lipinski definition) is 2. The molecule has 3 heterocycles. The Hall–Kier alpha value is -4.08. The van der Waals surface area contributed by atoms with Gasteiger partial charge in [0, 0.05) is 43.7 Å². The molecule has 6 rings (SSSR count). The van der Waals surface area contributed by atoms with E-state index < -0.39 is 5.60 Å². The van der Waals surface area contributed by atoms with Gasteiger partial charge in [-0.3, -0.25) is 9.78 Å². The Balaban J connectivity index is 1.27. The van der Waals surface area contributed by atoms with E-state index in [1.54, 1.807) is 29.4 Å². The van der Waals surface area contributed by atoms with E-state index in [0.717, 1.165) is 40.9 Å². The highest BCUT2D eigenvalue weighted by atomic mass is 35.5. The summed E-state index contributed by atoms with van der Waals surface area (Å²) in [5.41, 5.74) is 3.62. The first kappa shape index (κ1) is 30.0. The molecule has 2 aliphatic rings. The van der Waals surface area contributed by atoms with Gasteiger partial charge in [0.25, 0.3) is 0 Å². The zero-order chi connectivity index (χ0) is 31.2. The van der Waals surface area contributed by atoms with Gasteiger partial charge in [0.05, 0.1) is 38.7 Å². The number of hydrogen-bond acceptors (Lipinski definition) is 8. The number of piperazine rings is 1. The van der Waals surface area contributed by atoms with Crippen LogP contribution < -0.4 is 10.2 Å². The average Bonchev–Trinajstić information content (AvgIpc) is 3.85. The van der Waals surface area contributed by atoms with Crippen molar-refractivity contribution in [2.45, 2.75) is 39.2 Å². The lowest BCUT2D eigenvalue weighted by atomic mass is 9.99. The third-order valence-corrected chi connectivity index (χ3v) is 8.28. The molecule has 2 aromatic heterocycles. The van der Waals surface area contributed by atoms with E-state index >= 15 is 0 Å². The Kier molecular flexibility index (Phi) is 8.02. The van der Waals surface area contributed by atoms with Crippen LogP contribution in [0.4, 0.5) is 22.0 Å². The Labute approximate surface area is 265 Å². The van der Waals surface area contributed by atoms with Crippen molar-refractivity contribution < 1.29 is 19.4 Å². The molecule has 2 aromatic carbocycles. The Bertz CT molecular complexity index is 1720. The topological polar surface area (TPSA) is 108 Å². The monoisotopic (exact) mass is 633 g/mol. The molecule has 228 valence electrons. The first-order chi connectivity index (χ1) is 21.0. The van der Waals surface area contributed by atoms with Gasteiger partial charge in [-0.05, 0) is 81.1 Å². The molecular weight excluding hydrogens is 601 g/mol. The molecule has 0 unspecified atom stereocenters. The van der Waals surface area contributed by atoms with Crippen LogP contribution in [0.15, 0.2) is 54.9 Å². The van der Waals surface area contributed by atoms with Crippen molar-refractivity contribution in [2.75, 3.05) is 36.4 Å². The predicted molar refractivity (Wildman–Crippen MR) is 173 cm³/mol. The van der Waals surface area contributed by atoms with E-state index in [1.165, 1.54) is 0 Å². The fourth-order valence-electron chi connectivity index (χ4n) is 5.23. The van der Waals surface area contributed by atoms with E-state index in [-0.39, 0.29) is 33.6 Å². The number of anilines is 3. The normalized spacial score (nSPS) is 15.4. The number of nitrogens with one attached hydrogen (secondary N) is 1. The number of ether oxygens (including phenoxy) is 1. The maximum Gasteiger partial charge on any atom is 0.410 e. The summed E-state index contributed by atoms with van der Waals surface area (Å²) in [6.45, 7) is 7.96. The van der Waals surface area contributed by atoms with Gasteiger partial charge in [0.2, 0.25) is 0 Å². The third-order valence-electron chi connectivity index (χ3n) is 7.70. The second-order valence-electron chi connectivity index (χ2n) is 12.2. The number of rotatable bonds is 6. The first-order valence-corrected chi connectivity index (χ1v) is 15.3. The standard InChI is InChI=1S/C33H33Cl2N5O4/c1-33(2,3)44-32(43)40-12-10-39(11-13-40)28-9-7-22(17-37-28)38-29-23-14-20(21-15-25(34)31(42)26(35)16-21)6-8-27(23)36-18-24(29)30(41)19-4-5-19/h6-9,14-19,42H,4-5,10-13H2,1-3H3,(H,36,38). The van der Waals surface area contributed by atoms with Crippen LogP contribution in [0.5, 0.6) is 5.75 Å². The number of amides is 1. The van der Waals surface area contributed by atoms with Gasteiger partial charge in [-0.15, -0.1) is 0 Å². The molecular formula is C33H33Cl2N5O4. The molecule has 1 saturated carbocycles. The molecule has 9 nitrogen and oxygen atoms in total. The highest BCUT2D eigenvalue weighted by Gasteiger charge is 2.33. The molecule has 1 aliphatic heterocycles. The van der Waals surface area contributed by atoms with Crippen molar-refractivity contribution >= 4 is 63.2 Å². The number of fused-ring (bicyclic) bond motifs is 1. The smallest absolute Gasteiger partial charge is 0.410 e. The van der Waals surface area contributed by atoms with Crippen LogP contribution in [-0.4, -0.2) is 63.6 Å². The van der Waals surface area contributed by atoms with E-state index in [4.69, 9.17) is 32.9 Å². The van der Waals surface area contributed by atoms with Crippen LogP contribution in [0.1, 0.15) is 44.0 Å². The first-order valence-electron chi connectivity index (χ1n) is 14.6. The zero-order valence-electron chi connectivity index (χ0n) is 24.7. The van der Waals surface area contributed by atoms with Crippen LogP contribution in [0.25, 0.3) is 22.0 Å². The predicted octanol–water partition coefficient (Wildman–Crippen LogP) is 7.70. The molecule has 0 bridgehead atoms. The van der Waals surface area contributed by atoms with E-state index in [0.29, 0.717) is 42.9 Å². The zero-order valence-corrected chi connectivity index (χ0v) is 26.2. The summed E-state index contributed by atoms with van der Waals surface area (Å²) < 4.78 is 5.51. The van der Waals surface area contributed by atoms with Crippen molar-refractivity contribution in [1.29, 1.82) is 0 Å². The molecule has 1 aliphatic carbocycles. The molecule has 11 heteroatoms. The quantitative estimate of drug-likeness (QED) is 0.208. The highest BCUT2D eigenvalue weighted by Crippen LogP contribution is 2.40. The number of phenolic OH excluding ortho intramolecular Hbond substituents is 1. The third kappa shape index (κ3) is 6.39. The van der Waals surface area contributed by atoms with Gasteiger partial charge < -0.3 is 25.0 Å². The number of pyridine rings is 2. The van der Waals surface area contributed by atoms with Crippen molar-refractivity contribution in [3.63, 3.8) is 0 Å². The second kappa shape index (κ2) is 11.8. The molecule has 0 atom stereocenters. The molecule has 0 radical (unpaired) electrons. The van der Waals surface area contributed by atoms with E-state index in [2.05, 4.69) is 15.2 Å². The lowest BCUT2D eigenvalue weighted by Crippen LogP contribution is -2.50. The van der Waals surface area contributed by atoms with Crippen LogP contribution in [0.2, 0.25) is 10.0 Å². The number of Topliss-reactive ketones (excluding diaryl/α,β-unsaturated/α-hetero) is 1. The Morgan fingerprint density at radius 3 is 2.25 bits per heavy atom. The summed E-state index contributed by atoms with van der Waals surface area (Å²) in [4.78, 5) is 39.0. The summed E-state index contributed by atoms with van der Waals surface area (Å²) in [5, 5.41) is 14.6. The van der Waals surface area contributed by atoms with Gasteiger partial charge in [-0.25, -0.2) is 9.78 Å². The van der Waals surface area contributed by atoms with Crippen LogP contribution >= 0.6 is 23.2 Å². The van der Waals surface area contributed by atoms with Crippen LogP contribution in [0, 0.1) is 5.92 Å². The van der Waals surface area contributed by atoms with E-state index in [1.807, 2.05) is 51.1 Å². The minimum atomic E-state index is -0.531. The minimum Gasteiger partial charge on any atom is -0.505 e. The minimum absolute atomic E-state index is 0.00698. The number of aromatic nitrogens is 2. The summed E-state index contributed by atoms with van der Waals surface area (Å²) >= 11 is 12.4. The molecule has 44 heavy (non-hydrogen) atoms. The average molecular weight is 635 g/mol. The number of halogens is 2. The number of carbonyl (C=O) groups is 2. The molecule has 0 spiro atoms. The van der Waals surface area contributed by atoms with Gasteiger partial charge in [0.1, 0.15) is 11.4 Å². The molecule has 4 aromatic rings. The van der Waals surface area contributed by atoms with Crippen molar-refractivity contribution in [3.05, 3.63) is 70.5 Å². The number of benzene rings is 2. The molecule has 1 amide bonds. The number of aromatic hydroxyl groups is 1. The van der Waals surface area contributed by atoms with Crippen molar-refractivity contribution in [3.8, 4) is 16.9 Å². The second-order valence-corrected chi connectivity index (χ2v) is 13.0. The number of nitrogens with zero attached hydrogens (tertiary/aromatic N) is 4. The van der Waals surface area contributed by atoms with Gasteiger partial charge >= 0.3 is 6.09 Å².